The lowest BCUT2D eigenvalue weighted by Crippen LogP contribution is -2.36. The maximum absolute atomic E-state index is 11.2. The Hall–Kier alpha value is -0.810. The Labute approximate surface area is 90.5 Å². The van der Waals surface area contributed by atoms with Gasteiger partial charge in [0.15, 0.2) is 0 Å². The molecule has 88 valence electrons. The van der Waals surface area contributed by atoms with Crippen molar-refractivity contribution in [1.82, 2.24) is 10.6 Å². The molecule has 0 bridgehead atoms. The number of carbonyl (C=O) groups is 1. The van der Waals surface area contributed by atoms with Crippen LogP contribution < -0.4 is 10.6 Å². The zero-order valence-corrected chi connectivity index (χ0v) is 9.25. The molecule has 1 heterocycles. The first kappa shape index (κ1) is 12.3. The molecule has 0 aliphatic carbocycles. The van der Waals surface area contributed by atoms with Gasteiger partial charge < -0.3 is 20.1 Å². The predicted molar refractivity (Wildman–Crippen MR) is 56.9 cm³/mol. The highest BCUT2D eigenvalue weighted by atomic mass is 16.5. The van der Waals surface area contributed by atoms with Crippen LogP contribution in [-0.2, 0) is 9.47 Å². The number of rotatable bonds is 6. The molecule has 1 atom stereocenters. The SMILES string of the molecule is CCCNCCOC(=O)NC1CCOC1. The lowest BCUT2D eigenvalue weighted by atomic mass is 10.3. The molecule has 5 nitrogen and oxygen atoms in total. The fourth-order valence-corrected chi connectivity index (χ4v) is 1.37. The number of nitrogens with one attached hydrogen (secondary N) is 2. The Bertz CT molecular complexity index is 182. The molecule has 1 rings (SSSR count). The van der Waals surface area contributed by atoms with E-state index in [-0.39, 0.29) is 12.1 Å². The van der Waals surface area contributed by atoms with Gasteiger partial charge in [-0.3, -0.25) is 0 Å². The maximum Gasteiger partial charge on any atom is 0.407 e. The fourth-order valence-electron chi connectivity index (χ4n) is 1.37. The van der Waals surface area contributed by atoms with Crippen molar-refractivity contribution < 1.29 is 14.3 Å². The summed E-state index contributed by atoms with van der Waals surface area (Å²) in [6, 6.07) is 0.126. The largest absolute Gasteiger partial charge is 0.448 e. The number of alkyl carbamates (subject to hydrolysis) is 1. The van der Waals surface area contributed by atoms with Crippen LogP contribution in [0.4, 0.5) is 4.79 Å². The Balaban J connectivity index is 1.93. The van der Waals surface area contributed by atoms with Crippen molar-refractivity contribution in [3.05, 3.63) is 0 Å². The van der Waals surface area contributed by atoms with E-state index in [4.69, 9.17) is 9.47 Å². The van der Waals surface area contributed by atoms with Crippen LogP contribution in [0.25, 0.3) is 0 Å². The first-order chi connectivity index (χ1) is 7.33. The second kappa shape index (κ2) is 7.48. The smallest absolute Gasteiger partial charge is 0.407 e. The third kappa shape index (κ3) is 5.59. The highest BCUT2D eigenvalue weighted by molar-refractivity contribution is 5.67. The normalized spacial score (nSPS) is 20.2. The Morgan fingerprint density at radius 3 is 3.07 bits per heavy atom. The van der Waals surface area contributed by atoms with E-state index in [9.17, 15) is 4.79 Å². The number of hydrogen-bond acceptors (Lipinski definition) is 4. The summed E-state index contributed by atoms with van der Waals surface area (Å²) in [5.41, 5.74) is 0. The van der Waals surface area contributed by atoms with E-state index >= 15 is 0 Å². The second-order valence-electron chi connectivity index (χ2n) is 3.59. The van der Waals surface area contributed by atoms with Gasteiger partial charge in [0.05, 0.1) is 12.6 Å². The zero-order chi connectivity index (χ0) is 10.9. The van der Waals surface area contributed by atoms with Crippen molar-refractivity contribution in [2.24, 2.45) is 0 Å². The van der Waals surface area contributed by atoms with Gasteiger partial charge in [0, 0.05) is 13.2 Å². The molecule has 0 aromatic carbocycles. The van der Waals surface area contributed by atoms with Crippen LogP contribution in [0.2, 0.25) is 0 Å². The average molecular weight is 216 g/mol. The van der Waals surface area contributed by atoms with Crippen LogP contribution in [-0.4, -0.2) is 45.0 Å². The van der Waals surface area contributed by atoms with E-state index in [2.05, 4.69) is 17.6 Å². The summed E-state index contributed by atoms with van der Waals surface area (Å²) < 4.78 is 10.1. The van der Waals surface area contributed by atoms with E-state index in [0.29, 0.717) is 19.8 Å². The first-order valence-corrected chi connectivity index (χ1v) is 5.54. The number of ether oxygens (including phenoxy) is 2. The summed E-state index contributed by atoms with van der Waals surface area (Å²) in [6.45, 7) is 5.51. The van der Waals surface area contributed by atoms with Crippen molar-refractivity contribution in [2.45, 2.75) is 25.8 Å². The van der Waals surface area contributed by atoms with Gasteiger partial charge in [0.1, 0.15) is 6.61 Å². The summed E-state index contributed by atoms with van der Waals surface area (Å²) in [6.07, 6.45) is 1.62. The molecule has 5 heteroatoms. The third-order valence-corrected chi connectivity index (χ3v) is 2.19. The summed E-state index contributed by atoms with van der Waals surface area (Å²) in [7, 11) is 0. The van der Waals surface area contributed by atoms with Crippen LogP contribution in [0.5, 0.6) is 0 Å². The molecule has 0 aromatic rings. The van der Waals surface area contributed by atoms with E-state index in [1.54, 1.807) is 0 Å². The monoisotopic (exact) mass is 216 g/mol. The quantitative estimate of drug-likeness (QED) is 0.635. The topological polar surface area (TPSA) is 59.6 Å². The van der Waals surface area contributed by atoms with Gasteiger partial charge in [0.25, 0.3) is 0 Å². The van der Waals surface area contributed by atoms with E-state index in [1.165, 1.54) is 0 Å². The highest BCUT2D eigenvalue weighted by Gasteiger charge is 2.17. The molecule has 0 aromatic heterocycles. The molecule has 1 fully saturated rings. The second-order valence-corrected chi connectivity index (χ2v) is 3.59. The molecule has 1 aliphatic heterocycles. The molecule has 1 aliphatic rings. The van der Waals surface area contributed by atoms with Crippen LogP contribution in [0.1, 0.15) is 19.8 Å². The van der Waals surface area contributed by atoms with Crippen molar-refractivity contribution in [3.63, 3.8) is 0 Å². The molecule has 1 amide bonds. The van der Waals surface area contributed by atoms with E-state index in [1.807, 2.05) is 0 Å². The molecular formula is C10H20N2O3. The molecule has 0 spiro atoms. The summed E-state index contributed by atoms with van der Waals surface area (Å²) >= 11 is 0. The predicted octanol–water partition coefficient (Wildman–Crippen LogP) is 0.501. The minimum absolute atomic E-state index is 0.126. The minimum atomic E-state index is -0.344. The highest BCUT2D eigenvalue weighted by Crippen LogP contribution is 2.02. The van der Waals surface area contributed by atoms with Gasteiger partial charge in [-0.2, -0.15) is 0 Å². The Kier molecular flexibility index (Phi) is 6.11. The van der Waals surface area contributed by atoms with E-state index in [0.717, 1.165) is 26.0 Å². The molecule has 0 saturated carbocycles. The Morgan fingerprint density at radius 2 is 2.40 bits per heavy atom. The lowest BCUT2D eigenvalue weighted by Gasteiger charge is -2.11. The average Bonchev–Trinajstić information content (AvgIpc) is 2.70. The van der Waals surface area contributed by atoms with Crippen molar-refractivity contribution in [3.8, 4) is 0 Å². The summed E-state index contributed by atoms with van der Waals surface area (Å²) in [5, 5.41) is 5.91. The molecule has 15 heavy (non-hydrogen) atoms. The van der Waals surface area contributed by atoms with Gasteiger partial charge in [-0.25, -0.2) is 4.79 Å². The Morgan fingerprint density at radius 1 is 1.53 bits per heavy atom. The van der Waals surface area contributed by atoms with Gasteiger partial charge in [-0.15, -0.1) is 0 Å². The lowest BCUT2D eigenvalue weighted by molar-refractivity contribution is 0.139. The van der Waals surface area contributed by atoms with Crippen LogP contribution in [0, 0.1) is 0 Å². The number of hydrogen-bond donors (Lipinski definition) is 2. The number of amides is 1. The van der Waals surface area contributed by atoms with Crippen LogP contribution >= 0.6 is 0 Å². The van der Waals surface area contributed by atoms with E-state index < -0.39 is 0 Å². The minimum Gasteiger partial charge on any atom is -0.448 e. The van der Waals surface area contributed by atoms with Crippen molar-refractivity contribution in [1.29, 1.82) is 0 Å². The molecule has 1 unspecified atom stereocenters. The van der Waals surface area contributed by atoms with Crippen molar-refractivity contribution >= 4 is 6.09 Å². The van der Waals surface area contributed by atoms with Gasteiger partial charge in [0.2, 0.25) is 0 Å². The van der Waals surface area contributed by atoms with Gasteiger partial charge in [-0.1, -0.05) is 6.92 Å². The third-order valence-electron chi connectivity index (χ3n) is 2.19. The molecule has 1 saturated heterocycles. The van der Waals surface area contributed by atoms with Crippen LogP contribution in [0.15, 0.2) is 0 Å². The van der Waals surface area contributed by atoms with Gasteiger partial charge in [-0.05, 0) is 19.4 Å². The molecule has 2 N–H and O–H groups in total. The number of carbonyl (C=O) groups excluding carboxylic acids is 1. The first-order valence-electron chi connectivity index (χ1n) is 5.54. The van der Waals surface area contributed by atoms with Crippen LogP contribution in [0.3, 0.4) is 0 Å². The molecule has 0 radical (unpaired) electrons. The summed E-state index contributed by atoms with van der Waals surface area (Å²) in [5.74, 6) is 0. The molecular weight excluding hydrogens is 196 g/mol. The van der Waals surface area contributed by atoms with Gasteiger partial charge >= 0.3 is 6.09 Å². The fraction of sp³-hybridized carbons (Fsp3) is 0.900. The van der Waals surface area contributed by atoms with Crippen molar-refractivity contribution in [2.75, 3.05) is 32.9 Å². The summed E-state index contributed by atoms with van der Waals surface area (Å²) in [4.78, 5) is 11.2. The zero-order valence-electron chi connectivity index (χ0n) is 9.25. The standard InChI is InChI=1S/C10H20N2O3/c1-2-4-11-5-7-15-10(13)12-9-3-6-14-8-9/h9,11H,2-8H2,1H3,(H,12,13). The maximum atomic E-state index is 11.2.